The smallest absolute Gasteiger partial charge is 0.397 e. The first kappa shape index (κ1) is 44.5. The summed E-state index contributed by atoms with van der Waals surface area (Å²) in [6, 6.07) is 11.9. The molecule has 19 heteroatoms. The van der Waals surface area contributed by atoms with Gasteiger partial charge in [0.15, 0.2) is 18.5 Å². The maximum absolute atomic E-state index is 13.4. The molecule has 2 aromatic carbocycles. The lowest BCUT2D eigenvalue weighted by atomic mass is 9.43. The van der Waals surface area contributed by atoms with Gasteiger partial charge >= 0.3 is 38.7 Å². The molecule has 17 nitrogen and oxygen atoms in total. The Labute approximate surface area is 348 Å². The molecule has 2 bridgehead atoms. The van der Waals surface area contributed by atoms with Crippen LogP contribution >= 0.6 is 0 Å². The number of carbonyl (C=O) groups excluding carboxylic acids is 2. The van der Waals surface area contributed by atoms with Gasteiger partial charge in [-0.1, -0.05) is 57.7 Å². The number of aliphatic hydroxyl groups excluding tert-OH is 1. The molecular formula is C41H52O17S2. The average molecular weight is 881 g/mol. The van der Waals surface area contributed by atoms with E-state index in [1.54, 1.807) is 38.1 Å². The normalized spacial score (nSPS) is 36.6. The first-order valence-corrected chi connectivity index (χ1v) is 22.9. The quantitative estimate of drug-likeness (QED) is 0.0921. The van der Waals surface area contributed by atoms with Crippen LogP contribution in [0.2, 0.25) is 0 Å². The largest absolute Gasteiger partial charge is 0.481 e. The molecule has 0 unspecified atom stereocenters. The summed E-state index contributed by atoms with van der Waals surface area (Å²) in [5.74, 6) is -4.43. The van der Waals surface area contributed by atoms with Gasteiger partial charge in [-0.25, -0.2) is 13.2 Å². The van der Waals surface area contributed by atoms with Crippen LogP contribution in [0, 0.1) is 40.4 Å². The molecule has 0 radical (unpaired) electrons. The van der Waals surface area contributed by atoms with E-state index >= 15 is 0 Å². The zero-order valence-electron chi connectivity index (χ0n) is 33.5. The third kappa shape index (κ3) is 8.87. The van der Waals surface area contributed by atoms with Crippen LogP contribution in [-0.2, 0) is 57.7 Å². The molecule has 13 atom stereocenters. The van der Waals surface area contributed by atoms with Crippen LogP contribution in [0.15, 0.2) is 54.6 Å². The molecule has 0 amide bonds. The number of hydrogen-bond donors (Lipinski definition) is 4. The highest BCUT2D eigenvalue weighted by molar-refractivity contribution is 7.81. The van der Waals surface area contributed by atoms with Gasteiger partial charge in [0.2, 0.25) is 0 Å². The molecule has 330 valence electrons. The van der Waals surface area contributed by atoms with Gasteiger partial charge in [0.05, 0.1) is 23.7 Å². The van der Waals surface area contributed by atoms with Gasteiger partial charge in [-0.15, -0.1) is 0 Å². The minimum absolute atomic E-state index is 0.0594. The summed E-state index contributed by atoms with van der Waals surface area (Å²) >= 11 is 0. The highest BCUT2D eigenvalue weighted by atomic mass is 32.3. The monoisotopic (exact) mass is 880 g/mol. The van der Waals surface area contributed by atoms with Crippen molar-refractivity contribution in [1.29, 1.82) is 0 Å². The minimum Gasteiger partial charge on any atom is -0.481 e. The van der Waals surface area contributed by atoms with Crippen molar-refractivity contribution in [2.24, 2.45) is 40.4 Å². The third-order valence-corrected chi connectivity index (χ3v) is 14.6. The molecule has 4 saturated carbocycles. The number of aliphatic hydroxyl groups is 1. The predicted octanol–water partition coefficient (Wildman–Crippen LogP) is 4.68. The molecule has 5 aliphatic rings. The lowest BCUT2D eigenvalue weighted by Crippen LogP contribution is -2.64. The van der Waals surface area contributed by atoms with Crippen LogP contribution < -0.4 is 0 Å². The average Bonchev–Trinajstić information content (AvgIpc) is 3.32. The number of carboxylic acids is 1. The van der Waals surface area contributed by atoms with Gasteiger partial charge in [0, 0.05) is 11.8 Å². The molecular weight excluding hydrogens is 829 g/mol. The zero-order chi connectivity index (χ0) is 43.5. The van der Waals surface area contributed by atoms with Crippen LogP contribution in [0.1, 0.15) is 82.5 Å². The molecule has 2 aromatic rings. The maximum atomic E-state index is 13.4. The summed E-state index contributed by atoms with van der Waals surface area (Å²) in [5, 5.41) is 23.8. The summed E-state index contributed by atoms with van der Waals surface area (Å²) in [4.78, 5) is 39.7. The molecule has 5 fully saturated rings. The zero-order valence-corrected chi connectivity index (χ0v) is 35.1. The second-order valence-electron chi connectivity index (χ2n) is 17.8. The van der Waals surface area contributed by atoms with Gasteiger partial charge in [-0.05, 0) is 103 Å². The SMILES string of the molecule is C=C1[C@@H]2CC[C@H]3[C@]4(C)C[C@H](O[C@@H]5O[C@H](COC(=O)c6ccc7ccccc7c6)[C@@H](OS(=O)(=O)O)[C@H](OS(=O)(=O)O)[C@H]5OC(=O)CC(C)C)C[C@@H](C(=O)O)[C@H]4CC[C@]3(C2)[C@H]1O. The van der Waals surface area contributed by atoms with E-state index in [0.717, 1.165) is 23.8 Å². The summed E-state index contributed by atoms with van der Waals surface area (Å²) in [6.45, 7) is 8.71. The lowest BCUT2D eigenvalue weighted by Gasteiger charge is -2.62. The summed E-state index contributed by atoms with van der Waals surface area (Å²) < 4.78 is 103. The Morgan fingerprint density at radius 1 is 0.933 bits per heavy atom. The maximum Gasteiger partial charge on any atom is 0.397 e. The minimum atomic E-state index is -5.53. The first-order chi connectivity index (χ1) is 28.1. The van der Waals surface area contributed by atoms with Crippen molar-refractivity contribution in [2.75, 3.05) is 6.61 Å². The second kappa shape index (κ2) is 16.6. The number of carboxylic acid groups (broad SMARTS) is 1. The Hall–Kier alpha value is -3.53. The number of carbonyl (C=O) groups is 3. The van der Waals surface area contributed by atoms with Crippen molar-refractivity contribution in [3.05, 3.63) is 60.2 Å². The van der Waals surface area contributed by atoms with Crippen molar-refractivity contribution in [1.82, 2.24) is 0 Å². The number of ether oxygens (including phenoxy) is 4. The van der Waals surface area contributed by atoms with E-state index in [9.17, 15) is 50.5 Å². The second-order valence-corrected chi connectivity index (χ2v) is 19.9. The highest BCUT2D eigenvalue weighted by Gasteiger charge is 2.67. The van der Waals surface area contributed by atoms with E-state index in [0.29, 0.717) is 24.6 Å². The Morgan fingerprint density at radius 2 is 1.62 bits per heavy atom. The molecule has 1 saturated heterocycles. The topological polar surface area (TPSA) is 256 Å². The van der Waals surface area contributed by atoms with Gasteiger partial charge in [-0.3, -0.25) is 18.7 Å². The third-order valence-electron chi connectivity index (χ3n) is 13.7. The molecule has 4 aliphatic carbocycles. The Bertz CT molecular complexity index is 2230. The molecule has 0 aromatic heterocycles. The molecule has 7 rings (SSSR count). The molecule has 1 aliphatic heterocycles. The molecule has 4 N–H and O–H groups in total. The van der Waals surface area contributed by atoms with Crippen molar-refractivity contribution in [2.45, 2.75) is 115 Å². The van der Waals surface area contributed by atoms with Gasteiger partial charge < -0.3 is 29.2 Å². The Balaban J connectivity index is 1.24. The van der Waals surface area contributed by atoms with Crippen molar-refractivity contribution in [3.8, 4) is 0 Å². The van der Waals surface area contributed by atoms with E-state index in [1.807, 2.05) is 19.1 Å². The van der Waals surface area contributed by atoms with Gasteiger partial charge in [0.1, 0.15) is 18.8 Å². The van der Waals surface area contributed by atoms with Crippen LogP contribution in [-0.4, -0.2) is 104 Å². The first-order valence-electron chi connectivity index (χ1n) is 20.2. The van der Waals surface area contributed by atoms with Crippen LogP contribution in [0.3, 0.4) is 0 Å². The van der Waals surface area contributed by atoms with Crippen molar-refractivity contribution >= 4 is 49.5 Å². The number of aliphatic carboxylic acids is 1. The number of benzene rings is 2. The van der Waals surface area contributed by atoms with E-state index in [-0.39, 0.29) is 48.5 Å². The van der Waals surface area contributed by atoms with E-state index in [2.05, 4.69) is 6.58 Å². The molecule has 1 heterocycles. The van der Waals surface area contributed by atoms with E-state index < -0.39 is 105 Å². The Morgan fingerprint density at radius 3 is 2.28 bits per heavy atom. The summed E-state index contributed by atoms with van der Waals surface area (Å²) in [6.07, 6.45) is -8.73. The number of rotatable bonds is 13. The van der Waals surface area contributed by atoms with Crippen LogP contribution in [0.25, 0.3) is 10.8 Å². The van der Waals surface area contributed by atoms with Gasteiger partial charge in [-0.2, -0.15) is 16.8 Å². The highest BCUT2D eigenvalue weighted by Crippen LogP contribution is 2.70. The van der Waals surface area contributed by atoms with E-state index in [1.165, 1.54) is 6.07 Å². The van der Waals surface area contributed by atoms with Crippen LogP contribution in [0.5, 0.6) is 0 Å². The van der Waals surface area contributed by atoms with E-state index in [4.69, 9.17) is 27.3 Å². The molecule has 1 spiro atoms. The Kier molecular flexibility index (Phi) is 12.3. The van der Waals surface area contributed by atoms with Crippen LogP contribution in [0.4, 0.5) is 0 Å². The fraction of sp³-hybridized carbons (Fsp3) is 0.634. The summed E-state index contributed by atoms with van der Waals surface area (Å²) in [7, 11) is -11.0. The number of hydrogen-bond acceptors (Lipinski definition) is 14. The van der Waals surface area contributed by atoms with Crippen molar-refractivity contribution in [3.63, 3.8) is 0 Å². The predicted molar refractivity (Wildman–Crippen MR) is 210 cm³/mol. The number of fused-ring (bicyclic) bond motifs is 4. The fourth-order valence-corrected chi connectivity index (χ4v) is 12.4. The van der Waals surface area contributed by atoms with Gasteiger partial charge in [0.25, 0.3) is 0 Å². The molecule has 60 heavy (non-hydrogen) atoms. The fourth-order valence-electron chi connectivity index (χ4n) is 11.4. The summed E-state index contributed by atoms with van der Waals surface area (Å²) in [5.41, 5.74) is -0.356. The standard InChI is InChI=1S/C41H52O17S2/c1-21(2)15-32(42)56-35-34(58-60(50,51)52)33(57-59(47,48)49)30(20-53-38(46)25-10-9-23-7-5-6-8-24(23)16-25)55-39(35)54-27-17-28(37(44)45)29-13-14-41-18-26(22(3)36(41)43)11-12-31(41)40(29,4)19-27/h5-10,16,21,26-31,33-36,39,43H,3,11-15,17-20H2,1-2,4H3,(H,44,45)(H,47,48,49)(H,50,51,52)/t26-,27-,28-,29-,30-,31+,33-,34+,35-,36+,39-,40-,41-/m1/s1. The number of esters is 2. The lowest BCUT2D eigenvalue weighted by molar-refractivity contribution is -0.315. The van der Waals surface area contributed by atoms with Crippen molar-refractivity contribution < 1.29 is 77.9 Å².